The first-order valence-electron chi connectivity index (χ1n) is 8.27. The van der Waals surface area contributed by atoms with Crippen LogP contribution in [0.3, 0.4) is 0 Å². The Morgan fingerprint density at radius 3 is 2.52 bits per heavy atom. The van der Waals surface area contributed by atoms with Crippen molar-refractivity contribution in [3.05, 3.63) is 69.0 Å². The lowest BCUT2D eigenvalue weighted by Crippen LogP contribution is -2.51. The molecule has 0 saturated carbocycles. The number of hydrogen-bond donors (Lipinski definition) is 0. The van der Waals surface area contributed by atoms with Gasteiger partial charge >= 0.3 is 5.69 Å². The Bertz CT molecular complexity index is 872. The minimum absolute atomic E-state index is 0.0457. The molecule has 132 valence electrons. The number of rotatable bonds is 3. The third-order valence-electron chi connectivity index (χ3n) is 4.65. The fourth-order valence-electron chi connectivity index (χ4n) is 3.15. The Morgan fingerprint density at radius 2 is 1.80 bits per heavy atom. The molecular formula is C18H22N4O3. The van der Waals surface area contributed by atoms with E-state index in [9.17, 15) is 14.4 Å². The summed E-state index contributed by atoms with van der Waals surface area (Å²) in [5.74, 6) is -0.122. The summed E-state index contributed by atoms with van der Waals surface area (Å²) >= 11 is 0. The Labute approximate surface area is 145 Å². The molecular weight excluding hydrogens is 320 g/mol. The summed E-state index contributed by atoms with van der Waals surface area (Å²) in [5, 5.41) is 0. The van der Waals surface area contributed by atoms with Crippen molar-refractivity contribution in [1.29, 1.82) is 0 Å². The van der Waals surface area contributed by atoms with E-state index in [0.29, 0.717) is 6.54 Å². The zero-order chi connectivity index (χ0) is 18.0. The number of piperazine rings is 1. The molecule has 0 spiro atoms. The van der Waals surface area contributed by atoms with Crippen LogP contribution in [0.5, 0.6) is 0 Å². The average molecular weight is 342 g/mol. The number of amides is 1. The molecule has 1 atom stereocenters. The summed E-state index contributed by atoms with van der Waals surface area (Å²) in [6.45, 7) is 2.07. The second-order valence-corrected chi connectivity index (χ2v) is 6.40. The van der Waals surface area contributed by atoms with Crippen LogP contribution in [-0.2, 0) is 18.4 Å². The smallest absolute Gasteiger partial charge is 0.331 e. The van der Waals surface area contributed by atoms with Crippen LogP contribution in [0.2, 0.25) is 0 Å². The molecule has 25 heavy (non-hydrogen) atoms. The summed E-state index contributed by atoms with van der Waals surface area (Å²) in [7, 11) is 3.45. The average Bonchev–Trinajstić information content (AvgIpc) is 2.62. The number of benzene rings is 1. The Kier molecular flexibility index (Phi) is 4.85. The van der Waals surface area contributed by atoms with Crippen LogP contribution in [0.25, 0.3) is 0 Å². The van der Waals surface area contributed by atoms with Crippen molar-refractivity contribution >= 4 is 5.91 Å². The van der Waals surface area contributed by atoms with Gasteiger partial charge in [0.05, 0.1) is 6.04 Å². The van der Waals surface area contributed by atoms with Gasteiger partial charge in [-0.3, -0.25) is 18.7 Å². The molecule has 0 radical (unpaired) electrons. The van der Waals surface area contributed by atoms with Crippen molar-refractivity contribution in [2.24, 2.45) is 7.05 Å². The number of aromatic nitrogens is 2. The molecule has 0 unspecified atom stereocenters. The number of likely N-dealkylation sites (N-methyl/N-ethyl adjacent to an activating group) is 1. The molecule has 0 bridgehead atoms. The molecule has 1 aliphatic rings. The molecule has 1 saturated heterocycles. The predicted octanol–water partition coefficient (Wildman–Crippen LogP) is 0.0623. The van der Waals surface area contributed by atoms with Crippen LogP contribution in [0.1, 0.15) is 11.6 Å². The van der Waals surface area contributed by atoms with Gasteiger partial charge in [-0.25, -0.2) is 4.79 Å². The molecule has 0 N–H and O–H groups in total. The highest BCUT2D eigenvalue weighted by atomic mass is 16.2. The minimum Gasteiger partial charge on any atom is -0.332 e. The van der Waals surface area contributed by atoms with E-state index in [-0.39, 0.29) is 24.1 Å². The lowest BCUT2D eigenvalue weighted by molar-refractivity contribution is -0.136. The van der Waals surface area contributed by atoms with Crippen LogP contribution in [0.4, 0.5) is 0 Å². The minimum atomic E-state index is -0.480. The summed E-state index contributed by atoms with van der Waals surface area (Å²) in [5.41, 5.74) is 0.219. The van der Waals surface area contributed by atoms with Gasteiger partial charge in [0, 0.05) is 38.9 Å². The molecule has 3 rings (SSSR count). The zero-order valence-electron chi connectivity index (χ0n) is 14.5. The number of nitrogens with zero attached hydrogens (tertiary/aromatic N) is 4. The second kappa shape index (κ2) is 7.06. The highest BCUT2D eigenvalue weighted by Gasteiger charge is 2.30. The van der Waals surface area contributed by atoms with Gasteiger partial charge in [-0.15, -0.1) is 0 Å². The van der Waals surface area contributed by atoms with Crippen molar-refractivity contribution < 1.29 is 4.79 Å². The largest absolute Gasteiger partial charge is 0.332 e. The van der Waals surface area contributed by atoms with Gasteiger partial charge in [0.1, 0.15) is 6.54 Å². The van der Waals surface area contributed by atoms with Crippen molar-refractivity contribution in [3.63, 3.8) is 0 Å². The number of carbonyl (C=O) groups excluding carboxylic acids is 1. The van der Waals surface area contributed by atoms with E-state index in [1.54, 1.807) is 0 Å². The first-order valence-corrected chi connectivity index (χ1v) is 8.27. The molecule has 7 nitrogen and oxygen atoms in total. The SMILES string of the molecule is CN1CCN(C(=O)Cn2ccc(=O)n(C)c2=O)[C@H](c2ccccc2)C1. The normalized spacial score (nSPS) is 18.3. The Balaban J connectivity index is 1.86. The van der Waals surface area contributed by atoms with Gasteiger partial charge in [0.15, 0.2) is 0 Å². The van der Waals surface area contributed by atoms with Gasteiger partial charge in [-0.2, -0.15) is 0 Å². The fraction of sp³-hybridized carbons (Fsp3) is 0.389. The summed E-state index contributed by atoms with van der Waals surface area (Å²) in [4.78, 5) is 40.5. The highest BCUT2D eigenvalue weighted by molar-refractivity contribution is 5.76. The van der Waals surface area contributed by atoms with E-state index in [2.05, 4.69) is 4.90 Å². The van der Waals surface area contributed by atoms with Crippen LogP contribution < -0.4 is 11.2 Å². The molecule has 2 aromatic rings. The van der Waals surface area contributed by atoms with Gasteiger partial charge in [0.2, 0.25) is 5.91 Å². The first kappa shape index (κ1) is 17.2. The molecule has 2 heterocycles. The Hall–Kier alpha value is -2.67. The van der Waals surface area contributed by atoms with Crippen molar-refractivity contribution in [3.8, 4) is 0 Å². The first-order chi connectivity index (χ1) is 12.0. The van der Waals surface area contributed by atoms with Crippen molar-refractivity contribution in [2.75, 3.05) is 26.7 Å². The summed E-state index contributed by atoms with van der Waals surface area (Å²) in [6.07, 6.45) is 1.39. The molecule has 7 heteroatoms. The van der Waals surface area contributed by atoms with Crippen molar-refractivity contribution in [2.45, 2.75) is 12.6 Å². The third kappa shape index (κ3) is 3.56. The van der Waals surface area contributed by atoms with Crippen molar-refractivity contribution in [1.82, 2.24) is 18.9 Å². The third-order valence-corrected chi connectivity index (χ3v) is 4.65. The predicted molar refractivity (Wildman–Crippen MR) is 94.3 cm³/mol. The lowest BCUT2D eigenvalue weighted by atomic mass is 10.0. The maximum atomic E-state index is 12.9. The maximum absolute atomic E-state index is 12.9. The topological polar surface area (TPSA) is 67.5 Å². The van der Waals surface area contributed by atoms with E-state index in [0.717, 1.165) is 23.2 Å². The number of hydrogen-bond acceptors (Lipinski definition) is 4. The molecule has 1 aliphatic heterocycles. The zero-order valence-corrected chi connectivity index (χ0v) is 14.5. The quantitative estimate of drug-likeness (QED) is 0.791. The standard InChI is InChI=1S/C18H22N4O3/c1-19-10-11-22(15(12-19)14-6-4-3-5-7-14)17(24)13-21-9-8-16(23)20(2)18(21)25/h3-9,15H,10-13H2,1-2H3/t15-/m0/s1. The fourth-order valence-corrected chi connectivity index (χ4v) is 3.15. The molecule has 1 aromatic carbocycles. The lowest BCUT2D eigenvalue weighted by Gasteiger charge is -2.40. The molecule has 0 aliphatic carbocycles. The summed E-state index contributed by atoms with van der Waals surface area (Å²) < 4.78 is 2.29. The van der Waals surface area contributed by atoms with Crippen LogP contribution in [0, 0.1) is 0 Å². The van der Waals surface area contributed by atoms with Crippen LogP contribution in [-0.4, -0.2) is 51.5 Å². The van der Waals surface area contributed by atoms with E-state index in [1.807, 2.05) is 42.3 Å². The van der Waals surface area contributed by atoms with Gasteiger partial charge in [-0.05, 0) is 12.6 Å². The molecule has 1 aromatic heterocycles. The Morgan fingerprint density at radius 1 is 1.08 bits per heavy atom. The monoisotopic (exact) mass is 342 g/mol. The van der Waals surface area contributed by atoms with Gasteiger partial charge in [-0.1, -0.05) is 30.3 Å². The van der Waals surface area contributed by atoms with Crippen LogP contribution >= 0.6 is 0 Å². The van der Waals surface area contributed by atoms with Crippen LogP contribution in [0.15, 0.2) is 52.2 Å². The molecule has 1 amide bonds. The molecule has 1 fully saturated rings. The summed E-state index contributed by atoms with van der Waals surface area (Å²) in [6, 6.07) is 11.2. The van der Waals surface area contributed by atoms with E-state index >= 15 is 0 Å². The second-order valence-electron chi connectivity index (χ2n) is 6.40. The van der Waals surface area contributed by atoms with E-state index in [4.69, 9.17) is 0 Å². The van der Waals surface area contributed by atoms with Gasteiger partial charge < -0.3 is 9.80 Å². The number of carbonyl (C=O) groups is 1. The van der Waals surface area contributed by atoms with E-state index < -0.39 is 5.69 Å². The highest BCUT2D eigenvalue weighted by Crippen LogP contribution is 2.25. The van der Waals surface area contributed by atoms with E-state index in [1.165, 1.54) is 23.9 Å². The maximum Gasteiger partial charge on any atom is 0.331 e. The van der Waals surface area contributed by atoms with Gasteiger partial charge in [0.25, 0.3) is 5.56 Å².